The van der Waals surface area contributed by atoms with Crippen LogP contribution in [0.2, 0.25) is 0 Å². The van der Waals surface area contributed by atoms with Crippen LogP contribution in [0.25, 0.3) is 0 Å². The summed E-state index contributed by atoms with van der Waals surface area (Å²) < 4.78 is 35.7. The summed E-state index contributed by atoms with van der Waals surface area (Å²) in [6, 6.07) is 3.21. The van der Waals surface area contributed by atoms with Crippen molar-refractivity contribution < 1.29 is 22.7 Å². The molecule has 2 saturated carbocycles. The van der Waals surface area contributed by atoms with Crippen LogP contribution in [0.1, 0.15) is 57.1 Å². The third kappa shape index (κ3) is 6.35. The summed E-state index contributed by atoms with van der Waals surface area (Å²) in [7, 11) is -3.31. The van der Waals surface area contributed by atoms with Crippen molar-refractivity contribution in [2.24, 2.45) is 0 Å². The summed E-state index contributed by atoms with van der Waals surface area (Å²) in [5, 5.41) is 0.886. The molecule has 0 atom stereocenters. The first-order chi connectivity index (χ1) is 14.8. The molecule has 7 nitrogen and oxygen atoms in total. The predicted molar refractivity (Wildman–Crippen MR) is 120 cm³/mol. The van der Waals surface area contributed by atoms with E-state index in [9.17, 15) is 13.2 Å². The highest BCUT2D eigenvalue weighted by atomic mass is 32.2. The third-order valence-electron chi connectivity index (χ3n) is 6.18. The van der Waals surface area contributed by atoms with Gasteiger partial charge in [0.1, 0.15) is 5.75 Å². The molecule has 1 aromatic rings. The average Bonchev–Trinajstić information content (AvgIpc) is 3.54. The molecule has 0 spiro atoms. The maximum absolute atomic E-state index is 12.2. The first kappa shape index (κ1) is 22.9. The van der Waals surface area contributed by atoms with Crippen molar-refractivity contribution in [1.29, 1.82) is 0 Å². The van der Waals surface area contributed by atoms with Crippen molar-refractivity contribution in [3.8, 4) is 5.75 Å². The van der Waals surface area contributed by atoms with Gasteiger partial charge in [-0.25, -0.2) is 13.4 Å². The Morgan fingerprint density at radius 2 is 1.61 bits per heavy atom. The number of amides is 1. The van der Waals surface area contributed by atoms with Crippen LogP contribution in [0, 0.1) is 6.92 Å². The van der Waals surface area contributed by atoms with E-state index < -0.39 is 9.84 Å². The number of thioether (sulfide) groups is 1. The molecule has 0 aromatic carbocycles. The average molecular weight is 469 g/mol. The topological polar surface area (TPSA) is 85.8 Å². The second kappa shape index (κ2) is 9.67. The van der Waals surface area contributed by atoms with E-state index in [4.69, 9.17) is 9.47 Å². The number of rotatable bonds is 6. The number of hydrogen-bond acceptors (Lipinski definition) is 7. The lowest BCUT2D eigenvalue weighted by Crippen LogP contribution is -2.41. The van der Waals surface area contributed by atoms with E-state index >= 15 is 0 Å². The van der Waals surface area contributed by atoms with Crippen molar-refractivity contribution in [2.75, 3.05) is 19.3 Å². The number of likely N-dealkylation sites (tertiary alicyclic amines) is 1. The zero-order valence-corrected chi connectivity index (χ0v) is 19.9. The molecule has 2 aliphatic carbocycles. The molecular formula is C22H32N2O5S2. The lowest BCUT2D eigenvalue weighted by Gasteiger charge is -2.36. The van der Waals surface area contributed by atoms with Gasteiger partial charge in [-0.2, -0.15) is 0 Å². The van der Waals surface area contributed by atoms with Gasteiger partial charge in [0, 0.05) is 24.6 Å². The Hall–Kier alpha value is -1.32. The number of sulfone groups is 1. The molecule has 0 unspecified atom stereocenters. The highest BCUT2D eigenvalue weighted by Crippen LogP contribution is 2.36. The van der Waals surface area contributed by atoms with Crippen molar-refractivity contribution in [1.82, 2.24) is 9.88 Å². The van der Waals surface area contributed by atoms with E-state index in [1.807, 2.05) is 4.90 Å². The van der Waals surface area contributed by atoms with Crippen LogP contribution < -0.4 is 4.74 Å². The molecule has 3 fully saturated rings. The van der Waals surface area contributed by atoms with Gasteiger partial charge in [-0.15, -0.1) is 0 Å². The highest BCUT2D eigenvalue weighted by Gasteiger charge is 2.32. The molecular weight excluding hydrogens is 436 g/mol. The number of nitrogens with zero attached hydrogens (tertiary/aromatic N) is 2. The Labute approximate surface area is 189 Å². The maximum Gasteiger partial charge on any atom is 0.281 e. The van der Waals surface area contributed by atoms with Gasteiger partial charge in [-0.1, -0.05) is 11.8 Å². The van der Waals surface area contributed by atoms with Gasteiger partial charge < -0.3 is 14.4 Å². The molecule has 31 heavy (non-hydrogen) atoms. The van der Waals surface area contributed by atoms with Gasteiger partial charge in [0.05, 0.1) is 24.0 Å². The molecule has 0 bridgehead atoms. The summed E-state index contributed by atoms with van der Waals surface area (Å²) >= 11 is 1.51. The minimum absolute atomic E-state index is 0.0772. The Kier molecular flexibility index (Phi) is 7.13. The summed E-state index contributed by atoms with van der Waals surface area (Å²) in [6.07, 6.45) is 9.69. The zero-order chi connectivity index (χ0) is 22.0. The van der Waals surface area contributed by atoms with Gasteiger partial charge in [-0.05, 0) is 70.4 Å². The number of aromatic nitrogens is 1. The number of carbonyl (C=O) groups is 1. The minimum atomic E-state index is -3.31. The minimum Gasteiger partial charge on any atom is -0.489 e. The second-order valence-electron chi connectivity index (χ2n) is 8.93. The lowest BCUT2D eigenvalue weighted by atomic mass is 9.94. The number of carbonyl (C=O) groups excluding carboxylic acids is 1. The monoisotopic (exact) mass is 468 g/mol. The molecule has 2 heterocycles. The van der Waals surface area contributed by atoms with Crippen LogP contribution in [0.5, 0.6) is 5.75 Å². The largest absolute Gasteiger partial charge is 0.489 e. The lowest BCUT2D eigenvalue weighted by molar-refractivity contribution is -0.0621. The smallest absolute Gasteiger partial charge is 0.281 e. The molecule has 0 radical (unpaired) electrons. The summed E-state index contributed by atoms with van der Waals surface area (Å²) in [5.74, 6) is 0.651. The van der Waals surface area contributed by atoms with Gasteiger partial charge in [0.15, 0.2) is 14.9 Å². The zero-order valence-electron chi connectivity index (χ0n) is 18.3. The van der Waals surface area contributed by atoms with Gasteiger partial charge in [0.25, 0.3) is 5.24 Å². The quantitative estimate of drug-likeness (QED) is 0.624. The molecule has 1 aromatic heterocycles. The molecule has 1 amide bonds. The fourth-order valence-electron chi connectivity index (χ4n) is 4.17. The van der Waals surface area contributed by atoms with Gasteiger partial charge >= 0.3 is 0 Å². The second-order valence-corrected chi connectivity index (χ2v) is 12.1. The first-order valence-corrected chi connectivity index (χ1v) is 14.0. The standard InChI is InChI=1S/C22H32N2O5S2/c1-15-20(9-10-21(23-15)31(2,26)27)29-17-5-3-16(4-6-17)28-18-11-13-24(14-12-18)22(25)30-19-7-8-19/h9-10,16-19H,3-8,11-14H2,1-2H3. The fraction of sp³-hybridized carbons (Fsp3) is 0.727. The fourth-order valence-corrected chi connectivity index (χ4v) is 5.78. The van der Waals surface area contributed by atoms with Crippen LogP contribution >= 0.6 is 11.8 Å². The van der Waals surface area contributed by atoms with Crippen LogP contribution in [-0.2, 0) is 14.6 Å². The SMILES string of the molecule is Cc1nc(S(C)(=O)=O)ccc1OC1CCC(OC2CCN(C(=O)SC3CC3)CC2)CC1. The normalized spacial score (nSPS) is 25.4. The molecule has 1 saturated heterocycles. The van der Waals surface area contributed by atoms with Gasteiger partial charge in [0.2, 0.25) is 0 Å². The molecule has 172 valence electrons. The number of aryl methyl sites for hydroxylation is 1. The molecule has 0 N–H and O–H groups in total. The van der Waals surface area contributed by atoms with Crippen LogP contribution in [0.3, 0.4) is 0 Å². The number of ether oxygens (including phenoxy) is 2. The van der Waals surface area contributed by atoms with E-state index in [1.165, 1.54) is 30.7 Å². The Morgan fingerprint density at radius 1 is 1.00 bits per heavy atom. The van der Waals surface area contributed by atoms with Crippen molar-refractivity contribution in [3.05, 3.63) is 17.8 Å². The Morgan fingerprint density at radius 3 is 2.19 bits per heavy atom. The highest BCUT2D eigenvalue weighted by molar-refractivity contribution is 8.14. The van der Waals surface area contributed by atoms with Gasteiger partial charge in [-0.3, -0.25) is 4.79 Å². The molecule has 4 rings (SSSR count). The first-order valence-electron chi connectivity index (χ1n) is 11.2. The van der Waals surface area contributed by atoms with Crippen LogP contribution in [0.15, 0.2) is 17.2 Å². The van der Waals surface area contributed by atoms with Crippen molar-refractivity contribution >= 4 is 26.8 Å². The van der Waals surface area contributed by atoms with Crippen LogP contribution in [-0.4, -0.2) is 66.4 Å². The van der Waals surface area contributed by atoms with Crippen molar-refractivity contribution in [2.45, 2.75) is 86.9 Å². The van der Waals surface area contributed by atoms with E-state index in [2.05, 4.69) is 4.98 Å². The predicted octanol–water partition coefficient (Wildman–Crippen LogP) is 3.98. The van der Waals surface area contributed by atoms with E-state index in [1.54, 1.807) is 13.0 Å². The summed E-state index contributed by atoms with van der Waals surface area (Å²) in [6.45, 7) is 3.38. The van der Waals surface area contributed by atoms with E-state index in [-0.39, 0.29) is 28.6 Å². The molecule has 9 heteroatoms. The summed E-state index contributed by atoms with van der Waals surface area (Å²) in [4.78, 5) is 18.4. The van der Waals surface area contributed by atoms with Crippen molar-refractivity contribution in [3.63, 3.8) is 0 Å². The molecule has 3 aliphatic rings. The maximum atomic E-state index is 12.2. The number of pyridine rings is 1. The number of hydrogen-bond donors (Lipinski definition) is 0. The number of piperidine rings is 1. The van der Waals surface area contributed by atoms with E-state index in [0.717, 1.165) is 57.9 Å². The molecule has 1 aliphatic heterocycles. The van der Waals surface area contributed by atoms with Crippen LogP contribution in [0.4, 0.5) is 4.79 Å². The Bertz CT molecular complexity index is 887. The summed E-state index contributed by atoms with van der Waals surface area (Å²) in [5.41, 5.74) is 0.599. The van der Waals surface area contributed by atoms with E-state index in [0.29, 0.717) is 16.7 Å². The Balaban J connectivity index is 1.19. The third-order valence-corrected chi connectivity index (χ3v) is 8.44.